The Labute approximate surface area is 136 Å². The van der Waals surface area contributed by atoms with Crippen molar-refractivity contribution in [2.75, 3.05) is 19.6 Å². The van der Waals surface area contributed by atoms with Crippen LogP contribution in [0.3, 0.4) is 0 Å². The summed E-state index contributed by atoms with van der Waals surface area (Å²) in [7, 11) is 0. The fourth-order valence-electron chi connectivity index (χ4n) is 2.80. The van der Waals surface area contributed by atoms with E-state index in [0.717, 1.165) is 18.8 Å². The molecule has 0 aromatic carbocycles. The monoisotopic (exact) mass is 324 g/mol. The van der Waals surface area contributed by atoms with Gasteiger partial charge < -0.3 is 14.2 Å². The summed E-state index contributed by atoms with van der Waals surface area (Å²) in [6.07, 6.45) is 6.86. The molecule has 0 radical (unpaired) electrons. The third kappa shape index (κ3) is 3.93. The topological polar surface area (TPSA) is 58.6 Å². The van der Waals surface area contributed by atoms with Gasteiger partial charge in [-0.05, 0) is 50.2 Å². The Hall–Kier alpha value is -1.72. The molecule has 5 nitrogen and oxygen atoms in total. The SMILES string of the molecule is Cl.O=C(NCC(c1ccco1)N1CCCCC1)c1ccco1. The van der Waals surface area contributed by atoms with Crippen LogP contribution in [0.25, 0.3) is 0 Å². The molecule has 22 heavy (non-hydrogen) atoms. The normalized spacial score (nSPS) is 16.7. The average molecular weight is 325 g/mol. The highest BCUT2D eigenvalue weighted by Gasteiger charge is 2.25. The first-order valence-corrected chi connectivity index (χ1v) is 7.44. The van der Waals surface area contributed by atoms with Crippen LogP contribution >= 0.6 is 12.4 Å². The minimum Gasteiger partial charge on any atom is -0.468 e. The molecule has 1 unspecified atom stereocenters. The van der Waals surface area contributed by atoms with Gasteiger partial charge in [-0.2, -0.15) is 0 Å². The summed E-state index contributed by atoms with van der Waals surface area (Å²) in [6, 6.07) is 7.32. The summed E-state index contributed by atoms with van der Waals surface area (Å²) in [5, 5.41) is 2.94. The number of piperidine rings is 1. The van der Waals surface area contributed by atoms with Gasteiger partial charge in [0.1, 0.15) is 5.76 Å². The molecule has 120 valence electrons. The zero-order chi connectivity index (χ0) is 14.5. The number of nitrogens with one attached hydrogen (secondary N) is 1. The van der Waals surface area contributed by atoms with Crippen molar-refractivity contribution in [3.8, 4) is 0 Å². The lowest BCUT2D eigenvalue weighted by atomic mass is 10.1. The molecule has 0 saturated carbocycles. The third-order valence-corrected chi connectivity index (χ3v) is 3.90. The van der Waals surface area contributed by atoms with Gasteiger partial charge in [0.2, 0.25) is 0 Å². The molecule has 1 aliphatic rings. The molecular weight excluding hydrogens is 304 g/mol. The van der Waals surface area contributed by atoms with Crippen molar-refractivity contribution in [3.05, 3.63) is 48.3 Å². The highest BCUT2D eigenvalue weighted by Crippen LogP contribution is 2.24. The van der Waals surface area contributed by atoms with Crippen LogP contribution < -0.4 is 5.32 Å². The zero-order valence-corrected chi connectivity index (χ0v) is 13.2. The Morgan fingerprint density at radius 2 is 1.86 bits per heavy atom. The maximum absolute atomic E-state index is 12.0. The average Bonchev–Trinajstić information content (AvgIpc) is 3.22. The zero-order valence-electron chi connectivity index (χ0n) is 12.4. The van der Waals surface area contributed by atoms with E-state index in [9.17, 15) is 4.79 Å². The van der Waals surface area contributed by atoms with Gasteiger partial charge >= 0.3 is 0 Å². The lowest BCUT2D eigenvalue weighted by molar-refractivity contribution is 0.0887. The van der Waals surface area contributed by atoms with Gasteiger partial charge in [0, 0.05) is 6.54 Å². The molecule has 1 aliphatic heterocycles. The van der Waals surface area contributed by atoms with E-state index in [1.807, 2.05) is 12.1 Å². The van der Waals surface area contributed by atoms with E-state index < -0.39 is 0 Å². The molecule has 1 atom stereocenters. The highest BCUT2D eigenvalue weighted by molar-refractivity contribution is 5.91. The molecule has 3 heterocycles. The van der Waals surface area contributed by atoms with Gasteiger partial charge in [-0.25, -0.2) is 0 Å². The van der Waals surface area contributed by atoms with E-state index in [2.05, 4.69) is 10.2 Å². The Morgan fingerprint density at radius 1 is 1.14 bits per heavy atom. The number of likely N-dealkylation sites (tertiary alicyclic amines) is 1. The lowest BCUT2D eigenvalue weighted by Crippen LogP contribution is -2.40. The molecule has 1 saturated heterocycles. The van der Waals surface area contributed by atoms with Crippen LogP contribution in [0.1, 0.15) is 41.6 Å². The predicted molar refractivity (Wildman–Crippen MR) is 85.2 cm³/mol. The molecule has 2 aromatic heterocycles. The summed E-state index contributed by atoms with van der Waals surface area (Å²) in [5.41, 5.74) is 0. The van der Waals surface area contributed by atoms with E-state index in [0.29, 0.717) is 12.3 Å². The van der Waals surface area contributed by atoms with Crippen molar-refractivity contribution in [1.29, 1.82) is 0 Å². The Bertz CT molecular complexity index is 548. The fraction of sp³-hybridized carbons (Fsp3) is 0.438. The first kappa shape index (κ1) is 16.6. The molecule has 0 aliphatic carbocycles. The smallest absolute Gasteiger partial charge is 0.287 e. The van der Waals surface area contributed by atoms with Crippen molar-refractivity contribution in [1.82, 2.24) is 10.2 Å². The third-order valence-electron chi connectivity index (χ3n) is 3.90. The van der Waals surface area contributed by atoms with Crippen LogP contribution in [-0.2, 0) is 0 Å². The van der Waals surface area contributed by atoms with E-state index in [4.69, 9.17) is 8.83 Å². The van der Waals surface area contributed by atoms with Crippen LogP contribution in [0.2, 0.25) is 0 Å². The molecule has 0 spiro atoms. The van der Waals surface area contributed by atoms with Crippen LogP contribution in [-0.4, -0.2) is 30.4 Å². The maximum Gasteiger partial charge on any atom is 0.287 e. The van der Waals surface area contributed by atoms with Crippen molar-refractivity contribution >= 4 is 18.3 Å². The largest absolute Gasteiger partial charge is 0.468 e. The molecule has 2 aromatic rings. The first-order valence-electron chi connectivity index (χ1n) is 7.44. The highest BCUT2D eigenvalue weighted by atomic mass is 35.5. The van der Waals surface area contributed by atoms with Crippen LogP contribution in [0.5, 0.6) is 0 Å². The van der Waals surface area contributed by atoms with Crippen molar-refractivity contribution < 1.29 is 13.6 Å². The Morgan fingerprint density at radius 3 is 2.50 bits per heavy atom. The molecule has 6 heteroatoms. The molecule has 1 fully saturated rings. The van der Waals surface area contributed by atoms with E-state index in [1.54, 1.807) is 18.4 Å². The van der Waals surface area contributed by atoms with Crippen molar-refractivity contribution in [3.63, 3.8) is 0 Å². The number of halogens is 1. The minimum absolute atomic E-state index is 0. The Balaban J connectivity index is 0.00000176. The van der Waals surface area contributed by atoms with Crippen LogP contribution in [0.15, 0.2) is 45.6 Å². The van der Waals surface area contributed by atoms with Gasteiger partial charge in [-0.3, -0.25) is 9.69 Å². The second-order valence-corrected chi connectivity index (χ2v) is 5.32. The molecule has 1 amide bonds. The first-order chi connectivity index (χ1) is 10.3. The number of nitrogens with zero attached hydrogens (tertiary/aromatic N) is 1. The second kappa shape index (κ2) is 8.06. The number of hydrogen-bond donors (Lipinski definition) is 1. The van der Waals surface area contributed by atoms with E-state index >= 15 is 0 Å². The van der Waals surface area contributed by atoms with Gasteiger partial charge in [-0.1, -0.05) is 6.42 Å². The van der Waals surface area contributed by atoms with Gasteiger partial charge in [0.05, 0.1) is 18.6 Å². The number of carbonyl (C=O) groups is 1. The van der Waals surface area contributed by atoms with E-state index in [1.165, 1.54) is 25.5 Å². The summed E-state index contributed by atoms with van der Waals surface area (Å²) in [5.74, 6) is 1.05. The number of rotatable bonds is 5. The number of furan rings is 2. The quantitative estimate of drug-likeness (QED) is 0.917. The summed E-state index contributed by atoms with van der Waals surface area (Å²) < 4.78 is 10.7. The van der Waals surface area contributed by atoms with E-state index in [-0.39, 0.29) is 24.4 Å². The summed E-state index contributed by atoms with van der Waals surface area (Å²) in [6.45, 7) is 2.61. The molecule has 3 rings (SSSR count). The van der Waals surface area contributed by atoms with Gasteiger partial charge in [0.25, 0.3) is 5.91 Å². The Kier molecular flexibility index (Phi) is 6.10. The standard InChI is InChI=1S/C16H20N2O3.ClH/c19-16(15-7-5-11-21-15)17-12-13(14-6-4-10-20-14)18-8-2-1-3-9-18;/h4-7,10-11,13H,1-3,8-9,12H2,(H,17,19);1H. The fourth-order valence-corrected chi connectivity index (χ4v) is 2.80. The van der Waals surface area contributed by atoms with Crippen LogP contribution in [0, 0.1) is 0 Å². The molecule has 0 bridgehead atoms. The van der Waals surface area contributed by atoms with Crippen molar-refractivity contribution in [2.45, 2.75) is 25.3 Å². The minimum atomic E-state index is -0.187. The molecule has 1 N–H and O–H groups in total. The number of carbonyl (C=O) groups excluding carboxylic acids is 1. The van der Waals surface area contributed by atoms with Crippen molar-refractivity contribution in [2.24, 2.45) is 0 Å². The number of amides is 1. The van der Waals surface area contributed by atoms with Gasteiger partial charge in [-0.15, -0.1) is 12.4 Å². The number of hydrogen-bond acceptors (Lipinski definition) is 4. The predicted octanol–water partition coefficient (Wildman–Crippen LogP) is 3.25. The van der Waals surface area contributed by atoms with Gasteiger partial charge in [0.15, 0.2) is 5.76 Å². The maximum atomic E-state index is 12.0. The summed E-state index contributed by atoms with van der Waals surface area (Å²) >= 11 is 0. The molecular formula is C16H21ClN2O3. The lowest BCUT2D eigenvalue weighted by Gasteiger charge is -2.33. The summed E-state index contributed by atoms with van der Waals surface area (Å²) in [4.78, 5) is 14.4. The second-order valence-electron chi connectivity index (χ2n) is 5.32. The van der Waals surface area contributed by atoms with Crippen LogP contribution in [0.4, 0.5) is 0 Å².